The van der Waals surface area contributed by atoms with Crippen LogP contribution in [0.4, 0.5) is 11.4 Å². The quantitative estimate of drug-likeness (QED) is 0.237. The summed E-state index contributed by atoms with van der Waals surface area (Å²) < 4.78 is 0. The molecule has 164 valence electrons. The van der Waals surface area contributed by atoms with Gasteiger partial charge in [-0.3, -0.25) is 19.8 Å². The van der Waals surface area contributed by atoms with Crippen molar-refractivity contribution < 1.29 is 19.5 Å². The van der Waals surface area contributed by atoms with Crippen molar-refractivity contribution in [1.82, 2.24) is 5.32 Å². The third-order valence-corrected chi connectivity index (χ3v) is 4.72. The number of nitrogens with two attached hydrogens (primary N) is 1. The number of benzene rings is 3. The van der Waals surface area contributed by atoms with Crippen LogP contribution >= 0.6 is 0 Å². The number of hydrogen-bond donors (Lipinski definition) is 6. The molecule has 0 spiro atoms. The second-order valence-corrected chi connectivity index (χ2v) is 7.06. The Morgan fingerprint density at radius 2 is 1.75 bits per heavy atom. The number of carbonyl (C=O) groups is 3. The maximum Gasteiger partial charge on any atom is 0.303 e. The molecule has 2 amide bonds. The summed E-state index contributed by atoms with van der Waals surface area (Å²) in [6.07, 6.45) is 0.187. The first-order valence-electron chi connectivity index (χ1n) is 9.85. The van der Waals surface area contributed by atoms with Gasteiger partial charge in [0.1, 0.15) is 0 Å². The van der Waals surface area contributed by atoms with E-state index in [9.17, 15) is 14.4 Å². The minimum atomic E-state index is -0.927. The molecule has 3 aromatic rings. The highest BCUT2D eigenvalue weighted by molar-refractivity contribution is 6.02. The number of carboxylic acid groups (broad SMARTS) is 1. The van der Waals surface area contributed by atoms with Gasteiger partial charge in [0.15, 0.2) is 5.96 Å². The average Bonchev–Trinajstić information content (AvgIpc) is 2.76. The van der Waals surface area contributed by atoms with E-state index in [-0.39, 0.29) is 25.3 Å². The molecule has 0 radical (unpaired) electrons. The molecule has 0 atom stereocenters. The van der Waals surface area contributed by atoms with Gasteiger partial charge in [-0.1, -0.05) is 36.4 Å². The Labute approximate surface area is 184 Å². The number of nitrogens with one attached hydrogen (secondary N) is 4. The molecule has 0 saturated carbocycles. The van der Waals surface area contributed by atoms with Crippen molar-refractivity contribution >= 4 is 45.9 Å². The molecule has 0 aromatic heterocycles. The van der Waals surface area contributed by atoms with Crippen LogP contribution in [-0.2, 0) is 16.0 Å². The molecule has 7 N–H and O–H groups in total. The summed E-state index contributed by atoms with van der Waals surface area (Å²) >= 11 is 0. The van der Waals surface area contributed by atoms with Crippen LogP contribution in [0.15, 0.2) is 60.7 Å². The smallest absolute Gasteiger partial charge is 0.303 e. The summed E-state index contributed by atoms with van der Waals surface area (Å²) in [6, 6.07) is 17.5. The minimum absolute atomic E-state index is 0.0712. The summed E-state index contributed by atoms with van der Waals surface area (Å²) in [6.45, 7) is -0.269. The van der Waals surface area contributed by atoms with E-state index in [2.05, 4.69) is 16.0 Å². The molecule has 0 aliphatic carbocycles. The molecule has 0 heterocycles. The van der Waals surface area contributed by atoms with Gasteiger partial charge in [0.25, 0.3) is 5.91 Å². The third-order valence-electron chi connectivity index (χ3n) is 4.72. The van der Waals surface area contributed by atoms with Gasteiger partial charge >= 0.3 is 5.97 Å². The molecule has 0 saturated heterocycles. The molecule has 9 nitrogen and oxygen atoms in total. The SMILES string of the molecule is N=C(N)Nc1cccc(C(=O)NCC(=O)Nc2ccc3ccccc3c2CCC(=O)O)c1. The summed E-state index contributed by atoms with van der Waals surface area (Å²) in [5.74, 6) is -2.08. The van der Waals surface area contributed by atoms with Gasteiger partial charge in [-0.05, 0) is 47.0 Å². The number of fused-ring (bicyclic) bond motifs is 1. The van der Waals surface area contributed by atoms with Crippen LogP contribution in [0.25, 0.3) is 10.8 Å². The number of rotatable bonds is 8. The zero-order valence-electron chi connectivity index (χ0n) is 17.1. The van der Waals surface area contributed by atoms with E-state index in [0.717, 1.165) is 16.3 Å². The first-order valence-corrected chi connectivity index (χ1v) is 9.85. The van der Waals surface area contributed by atoms with Crippen molar-refractivity contribution in [1.29, 1.82) is 5.41 Å². The van der Waals surface area contributed by atoms with E-state index < -0.39 is 17.8 Å². The van der Waals surface area contributed by atoms with E-state index >= 15 is 0 Å². The number of carbonyl (C=O) groups excluding carboxylic acids is 2. The van der Waals surface area contributed by atoms with E-state index in [1.54, 1.807) is 24.3 Å². The van der Waals surface area contributed by atoms with Crippen molar-refractivity contribution in [3.63, 3.8) is 0 Å². The predicted molar refractivity (Wildman–Crippen MR) is 123 cm³/mol. The maximum atomic E-state index is 12.5. The third kappa shape index (κ3) is 5.82. The van der Waals surface area contributed by atoms with Crippen molar-refractivity contribution in [2.75, 3.05) is 17.2 Å². The molecule has 0 fully saturated rings. The number of guanidine groups is 1. The van der Waals surface area contributed by atoms with Gasteiger partial charge in [-0.15, -0.1) is 0 Å². The van der Waals surface area contributed by atoms with Crippen LogP contribution in [-0.4, -0.2) is 35.4 Å². The van der Waals surface area contributed by atoms with Gasteiger partial charge in [0.2, 0.25) is 5.91 Å². The molecule has 9 heteroatoms. The molecule has 3 aromatic carbocycles. The molecule has 0 aliphatic heterocycles. The Bertz CT molecular complexity index is 1190. The maximum absolute atomic E-state index is 12.5. The fourth-order valence-electron chi connectivity index (χ4n) is 3.31. The van der Waals surface area contributed by atoms with E-state index in [1.165, 1.54) is 6.07 Å². The second-order valence-electron chi connectivity index (χ2n) is 7.06. The van der Waals surface area contributed by atoms with Crippen LogP contribution in [0.2, 0.25) is 0 Å². The van der Waals surface area contributed by atoms with Crippen LogP contribution < -0.4 is 21.7 Å². The fraction of sp³-hybridized carbons (Fsp3) is 0.130. The summed E-state index contributed by atoms with van der Waals surface area (Å²) in [5.41, 5.74) is 7.32. The second kappa shape index (κ2) is 10.1. The van der Waals surface area contributed by atoms with E-state index in [0.29, 0.717) is 16.9 Å². The van der Waals surface area contributed by atoms with E-state index in [1.807, 2.05) is 30.3 Å². The lowest BCUT2D eigenvalue weighted by Crippen LogP contribution is -2.33. The molecule has 0 unspecified atom stereocenters. The summed E-state index contributed by atoms with van der Waals surface area (Å²) in [5, 5.41) is 26.1. The lowest BCUT2D eigenvalue weighted by atomic mass is 9.98. The number of carboxylic acids is 1. The van der Waals surface area contributed by atoms with Crippen molar-refractivity contribution in [2.24, 2.45) is 5.73 Å². The molecule has 32 heavy (non-hydrogen) atoms. The average molecular weight is 433 g/mol. The van der Waals surface area contributed by atoms with Crippen LogP contribution in [0, 0.1) is 5.41 Å². The number of aryl methyl sites for hydroxylation is 1. The largest absolute Gasteiger partial charge is 0.481 e. The normalized spacial score (nSPS) is 10.4. The first-order chi connectivity index (χ1) is 15.3. The highest BCUT2D eigenvalue weighted by Crippen LogP contribution is 2.27. The van der Waals surface area contributed by atoms with E-state index in [4.69, 9.17) is 16.2 Å². The lowest BCUT2D eigenvalue weighted by molar-refractivity contribution is -0.136. The Morgan fingerprint density at radius 3 is 2.50 bits per heavy atom. The van der Waals surface area contributed by atoms with Crippen LogP contribution in [0.3, 0.4) is 0 Å². The molecule has 0 bridgehead atoms. The van der Waals surface area contributed by atoms with Crippen LogP contribution in [0.1, 0.15) is 22.3 Å². The summed E-state index contributed by atoms with van der Waals surface area (Å²) in [4.78, 5) is 36.0. The fourth-order valence-corrected chi connectivity index (χ4v) is 3.31. The molecule has 3 rings (SSSR count). The minimum Gasteiger partial charge on any atom is -0.481 e. The van der Waals surface area contributed by atoms with Gasteiger partial charge < -0.3 is 26.8 Å². The monoisotopic (exact) mass is 433 g/mol. The van der Waals surface area contributed by atoms with Crippen molar-refractivity contribution in [2.45, 2.75) is 12.8 Å². The Balaban J connectivity index is 1.69. The van der Waals surface area contributed by atoms with Gasteiger partial charge in [0, 0.05) is 23.4 Å². The number of hydrogen-bond acceptors (Lipinski definition) is 4. The standard InChI is InChI=1S/C23H23N5O4/c24-23(25)27-16-6-3-5-15(12-16)22(32)26-13-20(29)28-19-10-8-14-4-1-2-7-17(14)18(19)9-11-21(30)31/h1-8,10,12H,9,11,13H2,(H,26,32)(H,28,29)(H,30,31)(H4,24,25,27). The zero-order valence-corrected chi connectivity index (χ0v) is 17.1. The predicted octanol–water partition coefficient (Wildman–Crippen LogP) is 2.53. The zero-order chi connectivity index (χ0) is 23.1. The molecular weight excluding hydrogens is 410 g/mol. The number of aliphatic carboxylic acids is 1. The topological polar surface area (TPSA) is 157 Å². The Hall–Kier alpha value is -4.40. The first kappa shape index (κ1) is 22.3. The van der Waals surface area contributed by atoms with Gasteiger partial charge in [-0.25, -0.2) is 0 Å². The number of anilines is 2. The summed E-state index contributed by atoms with van der Waals surface area (Å²) in [7, 11) is 0. The lowest BCUT2D eigenvalue weighted by Gasteiger charge is -2.14. The molecular formula is C23H23N5O4. The highest BCUT2D eigenvalue weighted by atomic mass is 16.4. The Morgan fingerprint density at radius 1 is 0.969 bits per heavy atom. The molecule has 0 aliphatic rings. The van der Waals surface area contributed by atoms with Gasteiger partial charge in [0.05, 0.1) is 6.54 Å². The van der Waals surface area contributed by atoms with Crippen molar-refractivity contribution in [3.05, 3.63) is 71.8 Å². The van der Waals surface area contributed by atoms with Gasteiger partial charge in [-0.2, -0.15) is 0 Å². The highest BCUT2D eigenvalue weighted by Gasteiger charge is 2.14. The number of amides is 2. The van der Waals surface area contributed by atoms with Crippen LogP contribution in [0.5, 0.6) is 0 Å². The van der Waals surface area contributed by atoms with Crippen molar-refractivity contribution in [3.8, 4) is 0 Å². The Kier molecular flexibility index (Phi) is 7.02.